The Bertz CT molecular complexity index is 921. The van der Waals surface area contributed by atoms with Gasteiger partial charge in [0, 0.05) is 38.0 Å². The molecule has 2 aliphatic carbocycles. The van der Waals surface area contributed by atoms with Crippen molar-refractivity contribution in [2.24, 2.45) is 0 Å². The fourth-order valence-electron chi connectivity index (χ4n) is 5.26. The van der Waals surface area contributed by atoms with Gasteiger partial charge >= 0.3 is 5.97 Å². The number of nitrogens with one attached hydrogen (secondary N) is 1. The SMILES string of the molecule is CN(C)c1ccc2c(c1)C(C)(C)C1=CC3C(=CC1=C2)CCC[NH+]3CCCC(=O)O. The fraction of sp³-hybridized carbons (Fsp3) is 0.480. The van der Waals surface area contributed by atoms with Crippen molar-refractivity contribution in [2.75, 3.05) is 32.1 Å². The fourth-order valence-corrected chi connectivity index (χ4v) is 5.26. The van der Waals surface area contributed by atoms with Gasteiger partial charge in [-0.15, -0.1) is 0 Å². The van der Waals surface area contributed by atoms with Crippen LogP contribution in [-0.2, 0) is 10.2 Å². The van der Waals surface area contributed by atoms with Gasteiger partial charge in [0.05, 0.1) is 19.5 Å². The average Bonchev–Trinajstić information content (AvgIpc) is 2.66. The highest BCUT2D eigenvalue weighted by Crippen LogP contribution is 2.46. The molecule has 1 saturated heterocycles. The Kier molecular flexibility index (Phi) is 5.16. The number of likely N-dealkylation sites (tertiary alicyclic amines) is 1. The Morgan fingerprint density at radius 1 is 1.28 bits per heavy atom. The lowest BCUT2D eigenvalue weighted by molar-refractivity contribution is -0.917. The normalized spacial score (nSPS) is 24.3. The number of carbonyl (C=O) groups is 1. The summed E-state index contributed by atoms with van der Waals surface area (Å²) in [4.78, 5) is 14.6. The van der Waals surface area contributed by atoms with Crippen LogP contribution in [0.5, 0.6) is 0 Å². The summed E-state index contributed by atoms with van der Waals surface area (Å²) in [6, 6.07) is 7.18. The average molecular weight is 394 g/mol. The lowest BCUT2D eigenvalue weighted by Crippen LogP contribution is -3.16. The highest BCUT2D eigenvalue weighted by Gasteiger charge is 2.39. The molecule has 4 nitrogen and oxygen atoms in total. The summed E-state index contributed by atoms with van der Waals surface area (Å²) in [5.41, 5.74) is 8.20. The number of piperidine rings is 1. The molecule has 4 rings (SSSR count). The number of carboxylic acid groups (broad SMARTS) is 1. The van der Waals surface area contributed by atoms with Crippen molar-refractivity contribution in [3.8, 4) is 0 Å². The van der Waals surface area contributed by atoms with Crippen molar-refractivity contribution in [2.45, 2.75) is 51.0 Å². The van der Waals surface area contributed by atoms with E-state index >= 15 is 0 Å². The molecule has 1 aromatic carbocycles. The van der Waals surface area contributed by atoms with Crippen LogP contribution in [-0.4, -0.2) is 44.3 Å². The molecule has 3 aliphatic rings. The monoisotopic (exact) mass is 393 g/mol. The third kappa shape index (κ3) is 3.66. The van der Waals surface area contributed by atoms with Crippen LogP contribution in [0.1, 0.15) is 50.7 Å². The molecule has 2 atom stereocenters. The van der Waals surface area contributed by atoms with Gasteiger partial charge in [-0.05, 0) is 64.6 Å². The number of aliphatic carboxylic acids is 1. The molecular weight excluding hydrogens is 360 g/mol. The van der Waals surface area contributed by atoms with Gasteiger partial charge in [0.25, 0.3) is 0 Å². The summed E-state index contributed by atoms with van der Waals surface area (Å²) >= 11 is 0. The molecule has 2 unspecified atom stereocenters. The van der Waals surface area contributed by atoms with E-state index in [0.717, 1.165) is 25.9 Å². The van der Waals surface area contributed by atoms with Gasteiger partial charge in [-0.25, -0.2) is 0 Å². The maximum Gasteiger partial charge on any atom is 0.303 e. The number of hydrogen-bond donors (Lipinski definition) is 2. The third-order valence-corrected chi connectivity index (χ3v) is 6.89. The van der Waals surface area contributed by atoms with E-state index in [9.17, 15) is 4.79 Å². The van der Waals surface area contributed by atoms with E-state index < -0.39 is 5.97 Å². The number of allylic oxidation sites excluding steroid dienone is 3. The predicted octanol–water partition coefficient (Wildman–Crippen LogP) is 3.21. The number of hydrogen-bond acceptors (Lipinski definition) is 2. The first-order valence-corrected chi connectivity index (χ1v) is 10.8. The number of rotatable bonds is 5. The highest BCUT2D eigenvalue weighted by atomic mass is 16.4. The maximum atomic E-state index is 10.9. The van der Waals surface area contributed by atoms with Crippen LogP contribution in [0.3, 0.4) is 0 Å². The zero-order chi connectivity index (χ0) is 20.8. The summed E-state index contributed by atoms with van der Waals surface area (Å²) < 4.78 is 0. The van der Waals surface area contributed by atoms with Gasteiger partial charge in [0.15, 0.2) is 0 Å². The Balaban J connectivity index is 1.70. The molecule has 0 bridgehead atoms. The topological polar surface area (TPSA) is 45.0 Å². The van der Waals surface area contributed by atoms with E-state index in [4.69, 9.17) is 5.11 Å². The number of nitrogens with zero attached hydrogens (tertiary/aromatic N) is 1. The van der Waals surface area contributed by atoms with Crippen LogP contribution >= 0.6 is 0 Å². The molecule has 0 spiro atoms. The summed E-state index contributed by atoms with van der Waals surface area (Å²) in [5, 5.41) is 9.01. The Morgan fingerprint density at radius 2 is 2.07 bits per heavy atom. The first kappa shape index (κ1) is 20.0. The zero-order valence-electron chi connectivity index (χ0n) is 18.1. The Hall–Kier alpha value is -2.33. The summed E-state index contributed by atoms with van der Waals surface area (Å²) in [6.45, 7) is 6.75. The zero-order valence-corrected chi connectivity index (χ0v) is 18.1. The van der Waals surface area contributed by atoms with E-state index in [-0.39, 0.29) is 11.8 Å². The molecule has 0 amide bonds. The van der Waals surface area contributed by atoms with E-state index in [1.165, 1.54) is 44.9 Å². The first-order chi connectivity index (χ1) is 13.8. The Labute approximate surface area is 174 Å². The molecule has 154 valence electrons. The second kappa shape index (κ2) is 7.49. The smallest absolute Gasteiger partial charge is 0.303 e. The molecule has 1 aliphatic heterocycles. The number of fused-ring (bicyclic) bond motifs is 3. The van der Waals surface area contributed by atoms with E-state index in [2.05, 4.69) is 69.3 Å². The van der Waals surface area contributed by atoms with Crippen LogP contribution in [0.25, 0.3) is 6.08 Å². The van der Waals surface area contributed by atoms with Crippen molar-refractivity contribution in [3.05, 3.63) is 58.2 Å². The lowest BCUT2D eigenvalue weighted by atomic mass is 9.66. The second-order valence-corrected chi connectivity index (χ2v) is 9.43. The molecule has 1 fully saturated rings. The quantitative estimate of drug-likeness (QED) is 0.808. The molecule has 2 N–H and O–H groups in total. The maximum absolute atomic E-state index is 10.9. The summed E-state index contributed by atoms with van der Waals surface area (Å²) in [5.74, 6) is -0.689. The van der Waals surface area contributed by atoms with E-state index in [0.29, 0.717) is 6.04 Å². The summed E-state index contributed by atoms with van der Waals surface area (Å²) in [7, 11) is 4.18. The van der Waals surface area contributed by atoms with Crippen molar-refractivity contribution in [1.29, 1.82) is 0 Å². The predicted molar refractivity (Wildman–Crippen MR) is 119 cm³/mol. The van der Waals surface area contributed by atoms with Gasteiger partial charge < -0.3 is 14.9 Å². The molecule has 4 heteroatoms. The second-order valence-electron chi connectivity index (χ2n) is 9.43. The molecule has 0 aromatic heterocycles. The van der Waals surface area contributed by atoms with Crippen LogP contribution < -0.4 is 9.80 Å². The standard InChI is InChI=1S/C25H32N2O2/c1-25(2)21-15-20(26(3)4)10-9-17(21)13-19-14-18-7-5-11-27(12-6-8-24(28)29)23(18)16-22(19)25/h9-10,13-16,23H,5-8,11-12H2,1-4H3,(H,28,29)/p+1. The van der Waals surface area contributed by atoms with Crippen molar-refractivity contribution >= 4 is 17.7 Å². The Morgan fingerprint density at radius 3 is 2.79 bits per heavy atom. The molecule has 0 saturated carbocycles. The summed E-state index contributed by atoms with van der Waals surface area (Å²) in [6.07, 6.45) is 10.6. The van der Waals surface area contributed by atoms with Crippen molar-refractivity contribution in [1.82, 2.24) is 0 Å². The number of quaternary nitrogens is 1. The first-order valence-electron chi connectivity index (χ1n) is 10.8. The van der Waals surface area contributed by atoms with Crippen LogP contribution in [0.2, 0.25) is 0 Å². The minimum Gasteiger partial charge on any atom is -0.481 e. The van der Waals surface area contributed by atoms with E-state index in [1.807, 2.05) is 0 Å². The van der Waals surface area contributed by atoms with Gasteiger partial charge in [0.2, 0.25) is 0 Å². The number of anilines is 1. The van der Waals surface area contributed by atoms with E-state index in [1.54, 1.807) is 0 Å². The van der Waals surface area contributed by atoms with Crippen LogP contribution in [0, 0.1) is 0 Å². The molecule has 29 heavy (non-hydrogen) atoms. The van der Waals surface area contributed by atoms with Gasteiger partial charge in [-0.3, -0.25) is 4.79 Å². The molecule has 0 radical (unpaired) electrons. The molecule has 1 aromatic rings. The lowest BCUT2D eigenvalue weighted by Gasteiger charge is -2.42. The molecule has 1 heterocycles. The van der Waals surface area contributed by atoms with Crippen molar-refractivity contribution in [3.63, 3.8) is 0 Å². The largest absolute Gasteiger partial charge is 0.481 e. The highest BCUT2D eigenvalue weighted by molar-refractivity contribution is 5.76. The van der Waals surface area contributed by atoms with Crippen molar-refractivity contribution < 1.29 is 14.8 Å². The van der Waals surface area contributed by atoms with Gasteiger partial charge in [-0.1, -0.05) is 19.9 Å². The number of benzene rings is 1. The van der Waals surface area contributed by atoms with Gasteiger partial charge in [0.1, 0.15) is 6.04 Å². The minimum absolute atomic E-state index is 0.0446. The third-order valence-electron chi connectivity index (χ3n) is 6.89. The molecular formula is C25H33N2O2+. The minimum atomic E-state index is -0.689. The number of carboxylic acids is 1. The van der Waals surface area contributed by atoms with Gasteiger partial charge in [-0.2, -0.15) is 0 Å². The van der Waals surface area contributed by atoms with Crippen LogP contribution in [0.15, 0.2) is 47.1 Å². The van der Waals surface area contributed by atoms with Crippen LogP contribution in [0.4, 0.5) is 5.69 Å².